The fraction of sp³-hybridized carbons (Fsp3) is 0.562. The van der Waals surface area contributed by atoms with E-state index in [1.807, 2.05) is 0 Å². The Balaban J connectivity index is 2.67. The molecule has 2 nitrogen and oxygen atoms in total. The van der Waals surface area contributed by atoms with Crippen molar-refractivity contribution in [2.24, 2.45) is 15.9 Å². The molecule has 34 heavy (non-hydrogen) atoms. The SMILES string of the molecule is CCC(=Nc1c(C(C)C)cccc1C(C)C)C(C)C(CC)=Nc1c(C(C)C)cccc1C(C)C. The minimum Gasteiger partial charge on any atom is -0.257 e. The number of nitrogens with zero attached hydrogens (tertiary/aromatic N) is 2. The van der Waals surface area contributed by atoms with Crippen LogP contribution in [0.15, 0.2) is 46.4 Å². The number of rotatable bonds is 10. The Labute approximate surface area is 210 Å². The van der Waals surface area contributed by atoms with E-state index in [9.17, 15) is 0 Å². The highest BCUT2D eigenvalue weighted by Crippen LogP contribution is 2.37. The van der Waals surface area contributed by atoms with Gasteiger partial charge in [-0.25, -0.2) is 0 Å². The van der Waals surface area contributed by atoms with Gasteiger partial charge in [-0.2, -0.15) is 0 Å². The molecule has 0 aliphatic heterocycles. The third kappa shape index (κ3) is 6.46. The fourth-order valence-corrected chi connectivity index (χ4v) is 4.73. The monoisotopic (exact) mass is 460 g/mol. The van der Waals surface area contributed by atoms with Crippen molar-refractivity contribution in [1.82, 2.24) is 0 Å². The highest BCUT2D eigenvalue weighted by Gasteiger charge is 2.20. The van der Waals surface area contributed by atoms with E-state index in [1.165, 1.54) is 45.1 Å². The Kier molecular flexibility index (Phi) is 10.3. The van der Waals surface area contributed by atoms with Crippen LogP contribution in [0.1, 0.15) is 135 Å². The Morgan fingerprint density at radius 3 is 1.00 bits per heavy atom. The van der Waals surface area contributed by atoms with E-state index in [-0.39, 0.29) is 5.92 Å². The maximum atomic E-state index is 5.38. The number of para-hydroxylation sites is 2. The molecule has 2 heteroatoms. The van der Waals surface area contributed by atoms with Crippen LogP contribution in [0.4, 0.5) is 11.4 Å². The molecule has 0 heterocycles. The molecule has 0 saturated heterocycles. The molecule has 2 rings (SSSR count). The summed E-state index contributed by atoms with van der Waals surface area (Å²) < 4.78 is 0. The van der Waals surface area contributed by atoms with Crippen molar-refractivity contribution in [2.75, 3.05) is 0 Å². The van der Waals surface area contributed by atoms with Crippen molar-refractivity contribution in [1.29, 1.82) is 0 Å². The molecule has 2 aromatic rings. The highest BCUT2D eigenvalue weighted by atomic mass is 14.8. The Morgan fingerprint density at radius 1 is 0.529 bits per heavy atom. The first-order chi connectivity index (χ1) is 16.0. The number of aliphatic imine (C=N–C) groups is 2. The minimum absolute atomic E-state index is 0.204. The molecule has 186 valence electrons. The van der Waals surface area contributed by atoms with E-state index < -0.39 is 0 Å². The zero-order valence-corrected chi connectivity index (χ0v) is 23.7. The van der Waals surface area contributed by atoms with Crippen LogP contribution in [0, 0.1) is 5.92 Å². The molecule has 0 amide bonds. The molecular weight excluding hydrogens is 412 g/mol. The van der Waals surface area contributed by atoms with E-state index in [0.717, 1.165) is 12.8 Å². The first-order valence-electron chi connectivity index (χ1n) is 13.4. The molecule has 0 radical (unpaired) electrons. The van der Waals surface area contributed by atoms with Gasteiger partial charge in [-0.3, -0.25) is 9.98 Å². The van der Waals surface area contributed by atoms with Crippen LogP contribution in [0.5, 0.6) is 0 Å². The van der Waals surface area contributed by atoms with Crippen LogP contribution in [0.25, 0.3) is 0 Å². The quantitative estimate of drug-likeness (QED) is 0.315. The molecule has 0 spiro atoms. The van der Waals surface area contributed by atoms with Crippen molar-refractivity contribution in [2.45, 2.75) is 113 Å². The molecule has 0 aliphatic carbocycles. The standard InChI is InChI=1S/C32H48N2/c1-12-29(33-31-25(20(3)4)16-14-17-26(31)21(5)6)24(11)30(13-2)34-32-27(22(7)8)18-15-19-28(32)23(9)10/h14-24H,12-13H2,1-11H3. The molecule has 0 aliphatic rings. The molecule has 0 unspecified atom stereocenters. The zero-order valence-electron chi connectivity index (χ0n) is 23.7. The summed E-state index contributed by atoms with van der Waals surface area (Å²) in [6.45, 7) is 24.9. The lowest BCUT2D eigenvalue weighted by molar-refractivity contribution is 0.831. The lowest BCUT2D eigenvalue weighted by atomic mass is 9.90. The molecule has 0 fully saturated rings. The summed E-state index contributed by atoms with van der Waals surface area (Å²) in [5.74, 6) is 1.97. The van der Waals surface area contributed by atoms with E-state index >= 15 is 0 Å². The molecule has 2 aromatic carbocycles. The lowest BCUT2D eigenvalue weighted by Gasteiger charge is -2.22. The average Bonchev–Trinajstić information content (AvgIpc) is 2.79. The molecule has 0 atom stereocenters. The lowest BCUT2D eigenvalue weighted by Crippen LogP contribution is -2.20. The van der Waals surface area contributed by atoms with Crippen molar-refractivity contribution >= 4 is 22.8 Å². The highest BCUT2D eigenvalue weighted by molar-refractivity contribution is 6.08. The van der Waals surface area contributed by atoms with E-state index in [0.29, 0.717) is 23.7 Å². The van der Waals surface area contributed by atoms with Gasteiger partial charge in [0.1, 0.15) is 0 Å². The Bertz CT molecular complexity index is 872. The smallest absolute Gasteiger partial charge is 0.0698 e. The predicted octanol–water partition coefficient (Wildman–Crippen LogP) is 10.5. The van der Waals surface area contributed by atoms with Crippen molar-refractivity contribution < 1.29 is 0 Å². The molecule has 0 saturated carbocycles. The van der Waals surface area contributed by atoms with E-state index in [4.69, 9.17) is 9.98 Å². The molecule has 0 aromatic heterocycles. The summed E-state index contributed by atoms with van der Waals surface area (Å²) in [6.07, 6.45) is 1.85. The predicted molar refractivity (Wildman–Crippen MR) is 153 cm³/mol. The summed E-state index contributed by atoms with van der Waals surface area (Å²) in [4.78, 5) is 10.8. The summed E-state index contributed by atoms with van der Waals surface area (Å²) in [5.41, 5.74) is 10.2. The number of benzene rings is 2. The zero-order chi connectivity index (χ0) is 25.6. The van der Waals surface area contributed by atoms with Gasteiger partial charge in [0.05, 0.1) is 11.4 Å². The summed E-state index contributed by atoms with van der Waals surface area (Å²) in [6, 6.07) is 13.4. The first kappa shape index (κ1) is 28.0. The van der Waals surface area contributed by atoms with Crippen LogP contribution < -0.4 is 0 Å². The van der Waals surface area contributed by atoms with Gasteiger partial charge in [-0.1, -0.05) is 113 Å². The second-order valence-electron chi connectivity index (χ2n) is 10.8. The van der Waals surface area contributed by atoms with Crippen LogP contribution in [0.2, 0.25) is 0 Å². The third-order valence-electron chi connectivity index (χ3n) is 6.92. The maximum Gasteiger partial charge on any atom is 0.0698 e. The fourth-order valence-electron chi connectivity index (χ4n) is 4.73. The van der Waals surface area contributed by atoms with Gasteiger partial charge in [0.2, 0.25) is 0 Å². The summed E-state index contributed by atoms with van der Waals surface area (Å²) >= 11 is 0. The normalized spacial score (nSPS) is 14.1. The molecule has 0 N–H and O–H groups in total. The second kappa shape index (κ2) is 12.5. The van der Waals surface area contributed by atoms with Crippen LogP contribution >= 0.6 is 0 Å². The summed E-state index contributed by atoms with van der Waals surface area (Å²) in [5, 5.41) is 0. The number of hydrogen-bond donors (Lipinski definition) is 0. The average molecular weight is 461 g/mol. The van der Waals surface area contributed by atoms with Crippen molar-refractivity contribution in [3.63, 3.8) is 0 Å². The van der Waals surface area contributed by atoms with Gasteiger partial charge in [-0.05, 0) is 58.8 Å². The van der Waals surface area contributed by atoms with Gasteiger partial charge >= 0.3 is 0 Å². The topological polar surface area (TPSA) is 24.7 Å². The Morgan fingerprint density at radius 2 is 0.794 bits per heavy atom. The first-order valence-corrected chi connectivity index (χ1v) is 13.4. The van der Waals surface area contributed by atoms with Crippen LogP contribution in [-0.4, -0.2) is 11.4 Å². The molecular formula is C32H48N2. The van der Waals surface area contributed by atoms with E-state index in [2.05, 4.69) is 113 Å². The maximum absolute atomic E-state index is 5.38. The summed E-state index contributed by atoms with van der Waals surface area (Å²) in [7, 11) is 0. The van der Waals surface area contributed by atoms with Gasteiger partial charge in [-0.15, -0.1) is 0 Å². The van der Waals surface area contributed by atoms with Gasteiger partial charge in [0, 0.05) is 17.3 Å². The number of hydrogen-bond acceptors (Lipinski definition) is 2. The molecule has 0 bridgehead atoms. The van der Waals surface area contributed by atoms with Crippen molar-refractivity contribution in [3.8, 4) is 0 Å². The second-order valence-corrected chi connectivity index (χ2v) is 10.8. The van der Waals surface area contributed by atoms with Crippen molar-refractivity contribution in [3.05, 3.63) is 58.7 Å². The largest absolute Gasteiger partial charge is 0.257 e. The van der Waals surface area contributed by atoms with Crippen LogP contribution in [-0.2, 0) is 0 Å². The van der Waals surface area contributed by atoms with Gasteiger partial charge < -0.3 is 0 Å². The minimum atomic E-state index is 0.204. The van der Waals surface area contributed by atoms with Gasteiger partial charge in [0.15, 0.2) is 0 Å². The van der Waals surface area contributed by atoms with Gasteiger partial charge in [0.25, 0.3) is 0 Å². The Hall–Kier alpha value is -2.22. The van der Waals surface area contributed by atoms with E-state index in [1.54, 1.807) is 0 Å². The van der Waals surface area contributed by atoms with Crippen LogP contribution in [0.3, 0.4) is 0 Å². The third-order valence-corrected chi connectivity index (χ3v) is 6.92.